The summed E-state index contributed by atoms with van der Waals surface area (Å²) in [5.41, 5.74) is 5.09. The van der Waals surface area contributed by atoms with Crippen molar-refractivity contribution in [3.05, 3.63) is 59.7 Å². The molecule has 0 heterocycles. The molecular weight excluding hydrogens is 344 g/mol. The van der Waals surface area contributed by atoms with Crippen LogP contribution < -0.4 is 5.32 Å². The van der Waals surface area contributed by atoms with E-state index in [1.807, 2.05) is 6.07 Å². The molecule has 2 aromatic carbocycles. The average molecular weight is 375 g/mol. The van der Waals surface area contributed by atoms with Crippen LogP contribution in [0, 0.1) is 17.2 Å². The second-order valence-corrected chi connectivity index (χ2v) is 8.79. The Hall–Kier alpha value is -2.60. The zero-order valence-electron chi connectivity index (χ0n) is 17.2. The van der Waals surface area contributed by atoms with E-state index in [9.17, 15) is 4.79 Å². The lowest BCUT2D eigenvalue weighted by molar-refractivity contribution is -0.126. The molecular formula is C25H30N2O. The summed E-state index contributed by atoms with van der Waals surface area (Å²) in [6.07, 6.45) is 4.12. The van der Waals surface area contributed by atoms with E-state index in [0.717, 1.165) is 25.7 Å². The Bertz CT molecular complexity index is 873. The summed E-state index contributed by atoms with van der Waals surface area (Å²) in [5.74, 6) is 0.153. The molecule has 1 aliphatic rings. The number of nitriles is 1. The predicted molar refractivity (Wildman–Crippen MR) is 114 cm³/mol. The van der Waals surface area contributed by atoms with E-state index in [2.05, 4.69) is 74.6 Å². The summed E-state index contributed by atoms with van der Waals surface area (Å²) in [5, 5.41) is 11.6. The Morgan fingerprint density at radius 1 is 1.11 bits per heavy atom. The van der Waals surface area contributed by atoms with Crippen LogP contribution >= 0.6 is 0 Å². The van der Waals surface area contributed by atoms with Crippen LogP contribution in [0.2, 0.25) is 0 Å². The molecule has 2 aromatic rings. The van der Waals surface area contributed by atoms with Gasteiger partial charge in [-0.05, 0) is 46.4 Å². The van der Waals surface area contributed by atoms with E-state index >= 15 is 0 Å². The first-order chi connectivity index (χ1) is 13.4. The molecule has 0 spiro atoms. The Labute approximate surface area is 168 Å². The molecule has 146 valence electrons. The normalized spacial score (nSPS) is 19.6. The van der Waals surface area contributed by atoms with Crippen LogP contribution in [0.5, 0.6) is 0 Å². The van der Waals surface area contributed by atoms with Crippen molar-refractivity contribution in [3.63, 3.8) is 0 Å². The predicted octanol–water partition coefficient (Wildman–Crippen LogP) is 5.56. The smallest absolute Gasteiger partial charge is 0.224 e. The summed E-state index contributed by atoms with van der Waals surface area (Å²) >= 11 is 0. The largest absolute Gasteiger partial charge is 0.343 e. The molecule has 3 rings (SSSR count). The number of nitrogens with zero attached hydrogens (tertiary/aromatic N) is 1. The lowest BCUT2D eigenvalue weighted by Gasteiger charge is -2.32. The number of carbonyl (C=O) groups is 1. The first-order valence-corrected chi connectivity index (χ1v) is 10.3. The van der Waals surface area contributed by atoms with Crippen LogP contribution in [0.4, 0.5) is 0 Å². The number of amides is 1. The van der Waals surface area contributed by atoms with Crippen LogP contribution in [-0.4, -0.2) is 12.5 Å². The third-order valence-corrected chi connectivity index (χ3v) is 5.84. The molecule has 3 heteroatoms. The van der Waals surface area contributed by atoms with Crippen molar-refractivity contribution in [1.29, 1.82) is 5.26 Å². The molecule has 2 unspecified atom stereocenters. The maximum atomic E-state index is 12.7. The van der Waals surface area contributed by atoms with Gasteiger partial charge in [-0.25, -0.2) is 0 Å². The zero-order valence-corrected chi connectivity index (χ0v) is 17.2. The van der Waals surface area contributed by atoms with E-state index < -0.39 is 0 Å². The number of benzene rings is 2. The van der Waals surface area contributed by atoms with E-state index in [1.165, 1.54) is 22.3 Å². The topological polar surface area (TPSA) is 52.9 Å². The molecule has 0 saturated heterocycles. The second-order valence-electron chi connectivity index (χ2n) is 8.79. The number of nitrogens with one attached hydrogen (secondary N) is 1. The Balaban J connectivity index is 2.00. The average Bonchev–Trinajstić information content (AvgIpc) is 2.71. The Morgan fingerprint density at radius 3 is 2.61 bits per heavy atom. The van der Waals surface area contributed by atoms with Gasteiger partial charge in [0.2, 0.25) is 5.91 Å². The van der Waals surface area contributed by atoms with Gasteiger partial charge >= 0.3 is 0 Å². The molecule has 2 atom stereocenters. The molecule has 0 aliphatic heterocycles. The van der Waals surface area contributed by atoms with Crippen molar-refractivity contribution in [2.45, 2.75) is 57.8 Å². The van der Waals surface area contributed by atoms with Crippen molar-refractivity contribution in [1.82, 2.24) is 5.32 Å². The first-order valence-electron chi connectivity index (χ1n) is 10.3. The molecule has 28 heavy (non-hydrogen) atoms. The molecule has 1 aliphatic carbocycles. The molecule has 3 nitrogen and oxygen atoms in total. The molecule has 0 bridgehead atoms. The van der Waals surface area contributed by atoms with Crippen molar-refractivity contribution in [2.75, 3.05) is 6.54 Å². The number of rotatable bonds is 4. The van der Waals surface area contributed by atoms with Gasteiger partial charge in [0.1, 0.15) is 6.54 Å². The fourth-order valence-electron chi connectivity index (χ4n) is 4.31. The summed E-state index contributed by atoms with van der Waals surface area (Å²) in [6, 6.07) is 19.3. The molecule has 0 radical (unpaired) electrons. The highest BCUT2D eigenvalue weighted by Crippen LogP contribution is 2.42. The van der Waals surface area contributed by atoms with Gasteiger partial charge in [0.15, 0.2) is 0 Å². The number of hydrogen-bond acceptors (Lipinski definition) is 2. The first kappa shape index (κ1) is 20.1. The third kappa shape index (κ3) is 4.44. The fourth-order valence-corrected chi connectivity index (χ4v) is 4.31. The van der Waals surface area contributed by atoms with Gasteiger partial charge in [-0.3, -0.25) is 4.79 Å². The van der Waals surface area contributed by atoms with Crippen molar-refractivity contribution in [3.8, 4) is 17.2 Å². The maximum absolute atomic E-state index is 12.7. The van der Waals surface area contributed by atoms with Crippen molar-refractivity contribution >= 4 is 5.91 Å². The zero-order chi connectivity index (χ0) is 20.1. The van der Waals surface area contributed by atoms with Gasteiger partial charge in [0.25, 0.3) is 0 Å². The number of hydrogen-bond donors (Lipinski definition) is 1. The van der Waals surface area contributed by atoms with Gasteiger partial charge in [0.05, 0.1) is 6.07 Å². The lowest BCUT2D eigenvalue weighted by atomic mass is 9.73. The minimum Gasteiger partial charge on any atom is -0.343 e. The lowest BCUT2D eigenvalue weighted by Crippen LogP contribution is -2.36. The second kappa shape index (κ2) is 8.61. The van der Waals surface area contributed by atoms with Crippen molar-refractivity contribution in [2.24, 2.45) is 5.92 Å². The highest BCUT2D eigenvalue weighted by Gasteiger charge is 2.33. The Morgan fingerprint density at radius 2 is 1.86 bits per heavy atom. The third-order valence-electron chi connectivity index (χ3n) is 5.84. The SMILES string of the molecule is CC(C)(C)c1cccc(-c2ccccc2C2CCCCC2C(=O)NCC#N)c1. The Kier molecular flexibility index (Phi) is 6.19. The highest BCUT2D eigenvalue weighted by atomic mass is 16.1. The van der Waals surface area contributed by atoms with E-state index in [4.69, 9.17) is 5.26 Å². The summed E-state index contributed by atoms with van der Waals surface area (Å²) in [6.45, 7) is 6.77. The maximum Gasteiger partial charge on any atom is 0.224 e. The number of carbonyl (C=O) groups excluding carboxylic acids is 1. The molecule has 0 aromatic heterocycles. The quantitative estimate of drug-likeness (QED) is 0.712. The minimum absolute atomic E-state index is 0.0181. The van der Waals surface area contributed by atoms with Crippen LogP contribution in [0.15, 0.2) is 48.5 Å². The summed E-state index contributed by atoms with van der Waals surface area (Å²) in [4.78, 5) is 12.7. The summed E-state index contributed by atoms with van der Waals surface area (Å²) in [7, 11) is 0. The van der Waals surface area contributed by atoms with Crippen molar-refractivity contribution < 1.29 is 4.79 Å². The molecule has 1 amide bonds. The van der Waals surface area contributed by atoms with Crippen LogP contribution in [0.25, 0.3) is 11.1 Å². The minimum atomic E-state index is -0.0611. The summed E-state index contributed by atoms with van der Waals surface area (Å²) < 4.78 is 0. The van der Waals surface area contributed by atoms with E-state index in [-0.39, 0.29) is 29.7 Å². The molecule has 1 N–H and O–H groups in total. The van der Waals surface area contributed by atoms with E-state index in [1.54, 1.807) is 0 Å². The van der Waals surface area contributed by atoms with Crippen LogP contribution in [-0.2, 0) is 10.2 Å². The highest BCUT2D eigenvalue weighted by molar-refractivity contribution is 5.81. The fraction of sp³-hybridized carbons (Fsp3) is 0.440. The van der Waals surface area contributed by atoms with Crippen LogP contribution in [0.3, 0.4) is 0 Å². The van der Waals surface area contributed by atoms with Gasteiger partial charge in [-0.2, -0.15) is 5.26 Å². The van der Waals surface area contributed by atoms with Gasteiger partial charge in [0, 0.05) is 5.92 Å². The van der Waals surface area contributed by atoms with E-state index in [0.29, 0.717) is 0 Å². The monoisotopic (exact) mass is 374 g/mol. The standard InChI is InChI=1S/C25H30N2O/c1-25(2,3)19-10-8-9-18(17-19)20-11-4-5-12-21(20)22-13-6-7-14-23(22)24(28)27-16-15-26/h4-5,8-12,17,22-23H,6-7,13-14,16H2,1-3H3,(H,27,28). The molecule has 1 saturated carbocycles. The van der Waals surface area contributed by atoms with Crippen LogP contribution in [0.1, 0.15) is 63.5 Å². The van der Waals surface area contributed by atoms with Gasteiger partial charge in [-0.15, -0.1) is 0 Å². The van der Waals surface area contributed by atoms with Gasteiger partial charge in [-0.1, -0.05) is 82.1 Å². The van der Waals surface area contributed by atoms with Gasteiger partial charge < -0.3 is 5.32 Å². The molecule has 1 fully saturated rings.